The molecule has 0 bridgehead atoms. The second kappa shape index (κ2) is 8.59. The highest BCUT2D eigenvalue weighted by atomic mass is 16.6. The van der Waals surface area contributed by atoms with E-state index in [4.69, 9.17) is 9.57 Å². The third-order valence-electron chi connectivity index (χ3n) is 2.84. The third-order valence-corrected chi connectivity index (χ3v) is 2.84. The predicted octanol–water partition coefficient (Wildman–Crippen LogP) is 3.84. The van der Waals surface area contributed by atoms with Gasteiger partial charge in [-0.3, -0.25) is 0 Å². The third kappa shape index (κ3) is 5.53. The summed E-state index contributed by atoms with van der Waals surface area (Å²) in [6, 6.07) is 18.5. The first-order chi connectivity index (χ1) is 10.4. The van der Waals surface area contributed by atoms with Gasteiger partial charge in [0, 0.05) is 0 Å². The number of benzene rings is 2. The molecule has 0 N–H and O–H groups in total. The minimum atomic E-state index is 0.384. The maximum atomic E-state index is 5.54. The molecule has 0 aliphatic rings. The summed E-state index contributed by atoms with van der Waals surface area (Å²) >= 11 is 0. The lowest BCUT2D eigenvalue weighted by Gasteiger charge is -2.05. The molecule has 0 fully saturated rings. The van der Waals surface area contributed by atoms with Crippen molar-refractivity contribution in [3.8, 4) is 5.75 Å². The highest BCUT2D eigenvalue weighted by Gasteiger charge is 1.97. The van der Waals surface area contributed by atoms with Crippen molar-refractivity contribution in [2.75, 3.05) is 13.2 Å². The Hall–Kier alpha value is -2.55. The van der Waals surface area contributed by atoms with E-state index in [0.29, 0.717) is 13.2 Å². The molecule has 0 saturated heterocycles. The first kappa shape index (κ1) is 14.9. The Balaban J connectivity index is 1.79. The van der Waals surface area contributed by atoms with Crippen molar-refractivity contribution in [3.63, 3.8) is 0 Å². The average Bonchev–Trinajstić information content (AvgIpc) is 2.53. The van der Waals surface area contributed by atoms with Crippen LogP contribution in [0.3, 0.4) is 0 Å². The lowest BCUT2D eigenvalue weighted by Crippen LogP contribution is -1.99. The van der Waals surface area contributed by atoms with Gasteiger partial charge in [0.05, 0.1) is 6.21 Å². The fourth-order valence-corrected chi connectivity index (χ4v) is 1.85. The molecule has 108 valence electrons. The van der Waals surface area contributed by atoms with E-state index in [0.717, 1.165) is 12.2 Å². The van der Waals surface area contributed by atoms with Gasteiger partial charge in [0.2, 0.25) is 0 Å². The summed E-state index contributed by atoms with van der Waals surface area (Å²) in [5.74, 6) is 0.821. The normalized spacial score (nSPS) is 10.5. The van der Waals surface area contributed by atoms with Crippen molar-refractivity contribution in [3.05, 3.63) is 78.4 Å². The molecule has 0 amide bonds. The fraction of sp³-hybridized carbons (Fsp3) is 0.167. The molecular weight excluding hydrogens is 262 g/mol. The highest BCUT2D eigenvalue weighted by Crippen LogP contribution is 2.15. The Morgan fingerprint density at radius 1 is 0.905 bits per heavy atom. The minimum Gasteiger partial charge on any atom is -0.488 e. The summed E-state index contributed by atoms with van der Waals surface area (Å²) < 4.78 is 5.54. The number of rotatable bonds is 8. The Morgan fingerprint density at radius 3 is 2.33 bits per heavy atom. The molecule has 2 aromatic rings. The number of oxime groups is 1. The van der Waals surface area contributed by atoms with Crippen molar-refractivity contribution in [2.24, 2.45) is 5.16 Å². The van der Waals surface area contributed by atoms with E-state index in [2.05, 4.69) is 48.1 Å². The molecule has 0 heterocycles. The molecule has 0 radical (unpaired) electrons. The van der Waals surface area contributed by atoms with Gasteiger partial charge in [-0.1, -0.05) is 60.3 Å². The van der Waals surface area contributed by atoms with Crippen molar-refractivity contribution in [2.45, 2.75) is 6.42 Å². The number of hydrogen-bond donors (Lipinski definition) is 0. The first-order valence-corrected chi connectivity index (χ1v) is 6.89. The van der Waals surface area contributed by atoms with Gasteiger partial charge in [0.15, 0.2) is 0 Å². The van der Waals surface area contributed by atoms with E-state index in [1.807, 2.05) is 18.2 Å². The zero-order valence-corrected chi connectivity index (χ0v) is 11.9. The van der Waals surface area contributed by atoms with Crippen LogP contribution in [-0.2, 0) is 11.3 Å². The lowest BCUT2D eigenvalue weighted by atomic mass is 10.1. The van der Waals surface area contributed by atoms with Crippen LogP contribution in [-0.4, -0.2) is 19.4 Å². The monoisotopic (exact) mass is 281 g/mol. The molecule has 21 heavy (non-hydrogen) atoms. The summed E-state index contributed by atoms with van der Waals surface area (Å²) in [6.07, 6.45) is 4.16. The van der Waals surface area contributed by atoms with Crippen LogP contribution in [0.1, 0.15) is 11.1 Å². The number of nitrogens with zero attached hydrogens (tertiary/aromatic N) is 1. The SMILES string of the molecule is C=CCO/N=C/COc1ccc(Cc2ccccc2)cc1. The van der Waals surface area contributed by atoms with Crippen LogP contribution in [0.5, 0.6) is 5.75 Å². The van der Waals surface area contributed by atoms with E-state index in [9.17, 15) is 0 Å². The second-order valence-electron chi connectivity index (χ2n) is 4.49. The van der Waals surface area contributed by atoms with Crippen LogP contribution in [0.2, 0.25) is 0 Å². The van der Waals surface area contributed by atoms with Crippen LogP contribution < -0.4 is 4.74 Å². The number of ether oxygens (including phenoxy) is 1. The average molecular weight is 281 g/mol. The van der Waals surface area contributed by atoms with Gasteiger partial charge in [0.1, 0.15) is 19.0 Å². The predicted molar refractivity (Wildman–Crippen MR) is 85.8 cm³/mol. The first-order valence-electron chi connectivity index (χ1n) is 6.89. The van der Waals surface area contributed by atoms with Gasteiger partial charge in [-0.25, -0.2) is 0 Å². The Morgan fingerprint density at radius 2 is 1.62 bits per heavy atom. The van der Waals surface area contributed by atoms with E-state index in [1.165, 1.54) is 11.1 Å². The largest absolute Gasteiger partial charge is 0.488 e. The molecular formula is C18H19NO2. The minimum absolute atomic E-state index is 0.384. The molecule has 0 spiro atoms. The molecule has 0 atom stereocenters. The van der Waals surface area contributed by atoms with E-state index >= 15 is 0 Å². The van der Waals surface area contributed by atoms with Crippen molar-refractivity contribution >= 4 is 6.21 Å². The van der Waals surface area contributed by atoms with Crippen LogP contribution in [0.4, 0.5) is 0 Å². The molecule has 3 nitrogen and oxygen atoms in total. The summed E-state index contributed by atoms with van der Waals surface area (Å²) in [5.41, 5.74) is 2.56. The smallest absolute Gasteiger partial charge is 0.135 e. The van der Waals surface area contributed by atoms with Gasteiger partial charge in [-0.2, -0.15) is 0 Å². The standard InChI is InChI=1S/C18H19NO2/c1-2-13-21-19-12-14-20-18-10-8-17(9-11-18)15-16-6-4-3-5-7-16/h2-12H,1,13-15H2/b19-12+. The second-order valence-corrected chi connectivity index (χ2v) is 4.49. The molecule has 0 saturated carbocycles. The highest BCUT2D eigenvalue weighted by molar-refractivity contribution is 5.58. The van der Waals surface area contributed by atoms with Crippen LogP contribution in [0, 0.1) is 0 Å². The summed E-state index contributed by atoms with van der Waals surface area (Å²) in [4.78, 5) is 4.88. The lowest BCUT2D eigenvalue weighted by molar-refractivity contribution is 0.174. The van der Waals surface area contributed by atoms with Crippen molar-refractivity contribution in [1.29, 1.82) is 0 Å². The van der Waals surface area contributed by atoms with E-state index in [-0.39, 0.29) is 0 Å². The van der Waals surface area contributed by atoms with E-state index in [1.54, 1.807) is 12.3 Å². The quantitative estimate of drug-likeness (QED) is 0.318. The maximum Gasteiger partial charge on any atom is 0.135 e. The van der Waals surface area contributed by atoms with Gasteiger partial charge in [-0.15, -0.1) is 0 Å². The van der Waals surface area contributed by atoms with Crippen LogP contribution in [0.15, 0.2) is 72.4 Å². The molecule has 0 unspecified atom stereocenters. The summed E-state index contributed by atoms with van der Waals surface area (Å²) in [5, 5.41) is 3.73. The number of hydrogen-bond acceptors (Lipinski definition) is 3. The van der Waals surface area contributed by atoms with Gasteiger partial charge in [0.25, 0.3) is 0 Å². The molecule has 0 aromatic heterocycles. The zero-order chi connectivity index (χ0) is 14.8. The molecule has 2 rings (SSSR count). The topological polar surface area (TPSA) is 30.8 Å². The molecule has 0 aliphatic carbocycles. The van der Waals surface area contributed by atoms with Gasteiger partial charge >= 0.3 is 0 Å². The van der Waals surface area contributed by atoms with Crippen LogP contribution >= 0.6 is 0 Å². The summed E-state index contributed by atoms with van der Waals surface area (Å²) in [6.45, 7) is 4.33. The molecule has 0 aliphatic heterocycles. The zero-order valence-electron chi connectivity index (χ0n) is 11.9. The van der Waals surface area contributed by atoms with Gasteiger partial charge in [-0.05, 0) is 29.7 Å². The summed E-state index contributed by atoms with van der Waals surface area (Å²) in [7, 11) is 0. The Labute approximate surface area is 125 Å². The fourth-order valence-electron chi connectivity index (χ4n) is 1.85. The van der Waals surface area contributed by atoms with E-state index < -0.39 is 0 Å². The maximum absolute atomic E-state index is 5.54. The Bertz CT molecular complexity index is 562. The van der Waals surface area contributed by atoms with Gasteiger partial charge < -0.3 is 9.57 Å². The van der Waals surface area contributed by atoms with Crippen molar-refractivity contribution < 1.29 is 9.57 Å². The Kier molecular flexibility index (Phi) is 6.07. The molecule has 2 aromatic carbocycles. The van der Waals surface area contributed by atoms with Crippen LogP contribution in [0.25, 0.3) is 0 Å². The van der Waals surface area contributed by atoms with Crippen molar-refractivity contribution in [1.82, 2.24) is 0 Å². The molecule has 3 heteroatoms.